The number of ketones is 1. The third-order valence-electron chi connectivity index (χ3n) is 0.655. The van der Waals surface area contributed by atoms with Gasteiger partial charge in [0.2, 0.25) is 5.78 Å². The molecule has 50 valence electrons. The summed E-state index contributed by atoms with van der Waals surface area (Å²) in [5.41, 5.74) is 0. The number of hydrogen-bond acceptors (Lipinski definition) is 3. The molecule has 0 aliphatic rings. The molecule has 1 N–H and O–H groups in total. The van der Waals surface area contributed by atoms with Gasteiger partial charge in [0.1, 0.15) is 0 Å². The van der Waals surface area contributed by atoms with Crippen LogP contribution >= 0.6 is 0 Å². The zero-order valence-corrected chi connectivity index (χ0v) is 5.07. The van der Waals surface area contributed by atoms with Crippen molar-refractivity contribution in [2.24, 2.45) is 0 Å². The molecule has 0 heterocycles. The number of hydrogen-bond donors (Lipinski definition) is 1. The molecule has 0 aliphatic carbocycles. The smallest absolute Gasteiger partial charge is 0.217 e. The summed E-state index contributed by atoms with van der Waals surface area (Å²) in [4.78, 5) is 19.8. The molecule has 0 fully saturated rings. The Bertz CT molecular complexity index is 135. The van der Waals surface area contributed by atoms with Gasteiger partial charge in [-0.15, -0.1) is 0 Å². The lowest BCUT2D eigenvalue weighted by atomic mass is 10.3. The number of aliphatic hydroxyl groups is 1. The Kier molecular flexibility index (Phi) is 3.55. The van der Waals surface area contributed by atoms with Gasteiger partial charge in [0, 0.05) is 0 Å². The Labute approximate surface area is 53.0 Å². The quantitative estimate of drug-likeness (QED) is 0.322. The van der Waals surface area contributed by atoms with Crippen LogP contribution in [0.15, 0.2) is 12.2 Å². The van der Waals surface area contributed by atoms with Crippen LogP contribution < -0.4 is 0 Å². The van der Waals surface area contributed by atoms with E-state index in [9.17, 15) is 9.59 Å². The van der Waals surface area contributed by atoms with E-state index in [0.717, 1.165) is 6.08 Å². The molecule has 0 bridgehead atoms. The zero-order chi connectivity index (χ0) is 7.28. The number of rotatable bonds is 3. The SMILES string of the molecule is C[C@@H](O)/C=C\C(=O)C=O. The van der Waals surface area contributed by atoms with Crippen LogP contribution in [0.3, 0.4) is 0 Å². The van der Waals surface area contributed by atoms with Gasteiger partial charge in [-0.25, -0.2) is 0 Å². The Hall–Kier alpha value is -0.960. The van der Waals surface area contributed by atoms with Gasteiger partial charge >= 0.3 is 0 Å². The predicted molar refractivity (Wildman–Crippen MR) is 31.9 cm³/mol. The lowest BCUT2D eigenvalue weighted by Gasteiger charge is -1.88. The van der Waals surface area contributed by atoms with Gasteiger partial charge in [-0.3, -0.25) is 9.59 Å². The third-order valence-corrected chi connectivity index (χ3v) is 0.655. The van der Waals surface area contributed by atoms with Gasteiger partial charge in [-0.1, -0.05) is 6.08 Å². The fourth-order valence-corrected chi connectivity index (χ4v) is 0.273. The lowest BCUT2D eigenvalue weighted by molar-refractivity contribution is -0.126. The minimum Gasteiger partial charge on any atom is -0.389 e. The monoisotopic (exact) mass is 128 g/mol. The average Bonchev–Trinajstić information content (AvgIpc) is 1.83. The lowest BCUT2D eigenvalue weighted by Crippen LogP contribution is -1.97. The van der Waals surface area contributed by atoms with Crippen molar-refractivity contribution < 1.29 is 14.7 Å². The van der Waals surface area contributed by atoms with Crippen LogP contribution in [0.1, 0.15) is 6.92 Å². The van der Waals surface area contributed by atoms with E-state index < -0.39 is 11.9 Å². The molecule has 0 aliphatic heterocycles. The van der Waals surface area contributed by atoms with E-state index in [1.165, 1.54) is 13.0 Å². The Balaban J connectivity index is 3.70. The fourth-order valence-electron chi connectivity index (χ4n) is 0.273. The maximum atomic E-state index is 10.2. The standard InChI is InChI=1S/C6H8O3/c1-5(8)2-3-6(9)4-7/h2-5,8H,1H3/b3-2-/t5-/m1/s1. The Morgan fingerprint density at radius 3 is 2.56 bits per heavy atom. The van der Waals surface area contributed by atoms with Crippen molar-refractivity contribution in [1.82, 2.24) is 0 Å². The highest BCUT2D eigenvalue weighted by Crippen LogP contribution is 1.81. The summed E-state index contributed by atoms with van der Waals surface area (Å²) in [5, 5.41) is 8.54. The highest BCUT2D eigenvalue weighted by molar-refractivity contribution is 6.30. The second-order valence-corrected chi connectivity index (χ2v) is 1.62. The van der Waals surface area contributed by atoms with Crippen LogP contribution in [0, 0.1) is 0 Å². The predicted octanol–water partition coefficient (Wildman–Crippen LogP) is -0.309. The van der Waals surface area contributed by atoms with Crippen LogP contribution in [-0.4, -0.2) is 23.3 Å². The minimum atomic E-state index is -0.672. The first kappa shape index (κ1) is 8.04. The normalized spacial score (nSPS) is 13.6. The molecule has 0 aromatic heterocycles. The van der Waals surface area contributed by atoms with Crippen molar-refractivity contribution in [1.29, 1.82) is 0 Å². The molecule has 0 unspecified atom stereocenters. The van der Waals surface area contributed by atoms with E-state index in [0.29, 0.717) is 0 Å². The summed E-state index contributed by atoms with van der Waals surface area (Å²) in [6, 6.07) is 0. The number of carbonyl (C=O) groups is 2. The summed E-state index contributed by atoms with van der Waals surface area (Å²) in [6.45, 7) is 1.49. The van der Waals surface area contributed by atoms with Gasteiger partial charge < -0.3 is 5.11 Å². The molecular formula is C6H8O3. The molecule has 3 nitrogen and oxygen atoms in total. The minimum absolute atomic E-state index is 0.193. The number of aliphatic hydroxyl groups excluding tert-OH is 1. The van der Waals surface area contributed by atoms with E-state index >= 15 is 0 Å². The molecule has 0 rings (SSSR count). The molecule has 0 aromatic carbocycles. The summed E-state index contributed by atoms with van der Waals surface area (Å²) in [6.07, 6.45) is 1.81. The van der Waals surface area contributed by atoms with E-state index in [2.05, 4.69) is 0 Å². The van der Waals surface area contributed by atoms with Crippen molar-refractivity contribution in [2.75, 3.05) is 0 Å². The zero-order valence-electron chi connectivity index (χ0n) is 5.07. The van der Waals surface area contributed by atoms with Crippen LogP contribution in [0.2, 0.25) is 0 Å². The summed E-state index contributed by atoms with van der Waals surface area (Å²) >= 11 is 0. The number of aldehydes is 1. The van der Waals surface area contributed by atoms with Crippen molar-refractivity contribution in [3.8, 4) is 0 Å². The van der Waals surface area contributed by atoms with Crippen LogP contribution in [0.4, 0.5) is 0 Å². The van der Waals surface area contributed by atoms with E-state index in [1.54, 1.807) is 0 Å². The molecule has 0 saturated heterocycles. The first-order valence-corrected chi connectivity index (χ1v) is 2.52. The Morgan fingerprint density at radius 1 is 1.67 bits per heavy atom. The van der Waals surface area contributed by atoms with Crippen LogP contribution in [0.5, 0.6) is 0 Å². The molecule has 1 atom stereocenters. The van der Waals surface area contributed by atoms with Crippen molar-refractivity contribution >= 4 is 12.1 Å². The summed E-state index contributed by atoms with van der Waals surface area (Å²) in [7, 11) is 0. The first-order valence-electron chi connectivity index (χ1n) is 2.52. The maximum Gasteiger partial charge on any atom is 0.217 e. The van der Waals surface area contributed by atoms with Crippen molar-refractivity contribution in [3.63, 3.8) is 0 Å². The topological polar surface area (TPSA) is 54.4 Å². The molecule has 0 saturated carbocycles. The van der Waals surface area contributed by atoms with Crippen LogP contribution in [0.25, 0.3) is 0 Å². The van der Waals surface area contributed by atoms with Crippen molar-refractivity contribution in [2.45, 2.75) is 13.0 Å². The van der Waals surface area contributed by atoms with E-state index in [1.807, 2.05) is 0 Å². The van der Waals surface area contributed by atoms with Gasteiger partial charge in [0.05, 0.1) is 6.10 Å². The van der Waals surface area contributed by atoms with E-state index in [4.69, 9.17) is 5.11 Å². The third kappa shape index (κ3) is 4.90. The first-order chi connectivity index (χ1) is 4.16. The van der Waals surface area contributed by atoms with E-state index in [-0.39, 0.29) is 6.29 Å². The summed E-state index contributed by atoms with van der Waals surface area (Å²) < 4.78 is 0. The highest BCUT2D eigenvalue weighted by Gasteiger charge is 1.90. The van der Waals surface area contributed by atoms with Gasteiger partial charge in [0.25, 0.3) is 0 Å². The number of allylic oxidation sites excluding steroid dienone is 1. The molecular weight excluding hydrogens is 120 g/mol. The molecule has 0 spiro atoms. The molecule has 0 aromatic rings. The maximum absolute atomic E-state index is 10.2. The second kappa shape index (κ2) is 3.97. The van der Waals surface area contributed by atoms with Crippen molar-refractivity contribution in [3.05, 3.63) is 12.2 Å². The number of carbonyl (C=O) groups excluding carboxylic acids is 2. The van der Waals surface area contributed by atoms with Crippen LogP contribution in [-0.2, 0) is 9.59 Å². The van der Waals surface area contributed by atoms with Gasteiger partial charge in [0.15, 0.2) is 6.29 Å². The second-order valence-electron chi connectivity index (χ2n) is 1.62. The molecule has 0 amide bonds. The Morgan fingerprint density at radius 2 is 2.22 bits per heavy atom. The fraction of sp³-hybridized carbons (Fsp3) is 0.333. The molecule has 0 radical (unpaired) electrons. The molecule has 9 heavy (non-hydrogen) atoms. The van der Waals surface area contributed by atoms with Gasteiger partial charge in [-0.2, -0.15) is 0 Å². The summed E-state index contributed by atoms with van der Waals surface area (Å²) in [5.74, 6) is -0.629. The average molecular weight is 128 g/mol. The largest absolute Gasteiger partial charge is 0.389 e. The molecule has 3 heteroatoms. The van der Waals surface area contributed by atoms with Gasteiger partial charge in [-0.05, 0) is 13.0 Å². The highest BCUT2D eigenvalue weighted by atomic mass is 16.3.